The van der Waals surface area contributed by atoms with E-state index in [1.165, 1.54) is 4.88 Å². The normalized spacial score (nSPS) is 17.6. The zero-order valence-corrected chi connectivity index (χ0v) is 15.8. The molecule has 0 saturated carbocycles. The van der Waals surface area contributed by atoms with Crippen molar-refractivity contribution in [3.05, 3.63) is 55.4 Å². The Morgan fingerprint density at radius 2 is 2.30 bits per heavy atom. The van der Waals surface area contributed by atoms with Crippen LogP contribution in [-0.4, -0.2) is 22.0 Å². The predicted molar refractivity (Wildman–Crippen MR) is 102 cm³/mol. The van der Waals surface area contributed by atoms with Crippen LogP contribution in [0.15, 0.2) is 23.0 Å². The zero-order chi connectivity index (χ0) is 18.5. The van der Waals surface area contributed by atoms with Crippen LogP contribution in [0, 0.1) is 0 Å². The SMILES string of the molecule is O=C(OCc1nc2sc3c(c2c(=O)[nH]1)CCC3)[C@@H]1Cc2cc(Cl)ccc2O1. The third kappa shape index (κ3) is 2.91. The standard InChI is InChI=1S/C19H15ClN2O4S/c20-10-4-5-12-9(6-10)7-13(26-12)19(24)25-8-15-21-17(23)16-11-2-1-3-14(11)27-18(16)22-15/h4-6,13H,1-3,7-8H2,(H,21,22,23)/t13-/m0/s1. The van der Waals surface area contributed by atoms with E-state index in [1.54, 1.807) is 29.5 Å². The van der Waals surface area contributed by atoms with Crippen molar-refractivity contribution in [1.82, 2.24) is 9.97 Å². The fraction of sp³-hybridized carbons (Fsp3) is 0.316. The Kier molecular flexibility index (Phi) is 3.94. The van der Waals surface area contributed by atoms with Crippen LogP contribution in [0.1, 0.15) is 28.2 Å². The van der Waals surface area contributed by atoms with E-state index in [-0.39, 0.29) is 12.2 Å². The highest BCUT2D eigenvalue weighted by molar-refractivity contribution is 7.18. The summed E-state index contributed by atoms with van der Waals surface area (Å²) in [6.07, 6.45) is 2.72. The third-order valence-electron chi connectivity index (χ3n) is 4.94. The molecule has 1 aromatic carbocycles. The first-order valence-corrected chi connectivity index (χ1v) is 9.93. The number of hydrogen-bond donors (Lipinski definition) is 1. The summed E-state index contributed by atoms with van der Waals surface area (Å²) >= 11 is 7.53. The third-order valence-corrected chi connectivity index (χ3v) is 6.36. The summed E-state index contributed by atoms with van der Waals surface area (Å²) in [5, 5.41) is 1.29. The molecule has 0 radical (unpaired) electrons. The maximum atomic E-state index is 12.4. The van der Waals surface area contributed by atoms with Crippen molar-refractivity contribution in [2.75, 3.05) is 0 Å². The monoisotopic (exact) mass is 402 g/mol. The minimum absolute atomic E-state index is 0.0937. The molecule has 0 spiro atoms. The largest absolute Gasteiger partial charge is 0.478 e. The molecule has 138 valence electrons. The summed E-state index contributed by atoms with van der Waals surface area (Å²) in [6, 6.07) is 5.25. The molecule has 8 heteroatoms. The summed E-state index contributed by atoms with van der Waals surface area (Å²) in [6.45, 7) is -0.0937. The number of H-pyrrole nitrogens is 1. The zero-order valence-electron chi connectivity index (χ0n) is 14.2. The number of thiophene rings is 1. The van der Waals surface area contributed by atoms with Crippen LogP contribution < -0.4 is 10.3 Å². The van der Waals surface area contributed by atoms with E-state index < -0.39 is 12.1 Å². The Bertz CT molecular complexity index is 1140. The fourth-order valence-electron chi connectivity index (χ4n) is 3.70. The van der Waals surface area contributed by atoms with E-state index in [0.29, 0.717) is 33.2 Å². The molecule has 27 heavy (non-hydrogen) atoms. The molecule has 3 aromatic rings. The molecule has 0 unspecified atom stereocenters. The van der Waals surface area contributed by atoms with Crippen LogP contribution >= 0.6 is 22.9 Å². The number of benzene rings is 1. The molecule has 1 N–H and O–H groups in total. The molecule has 1 atom stereocenters. The lowest BCUT2D eigenvalue weighted by Crippen LogP contribution is -2.28. The second kappa shape index (κ2) is 6.35. The van der Waals surface area contributed by atoms with Crippen molar-refractivity contribution in [1.29, 1.82) is 0 Å². The predicted octanol–water partition coefficient (Wildman–Crippen LogP) is 3.17. The quantitative estimate of drug-likeness (QED) is 0.680. The number of esters is 1. The van der Waals surface area contributed by atoms with Crippen LogP contribution in [0.5, 0.6) is 5.75 Å². The van der Waals surface area contributed by atoms with Gasteiger partial charge in [0.2, 0.25) is 0 Å². The number of fused-ring (bicyclic) bond motifs is 4. The first kappa shape index (κ1) is 16.8. The molecule has 3 heterocycles. The van der Waals surface area contributed by atoms with E-state index in [2.05, 4.69) is 9.97 Å². The average molecular weight is 403 g/mol. The van der Waals surface area contributed by atoms with Gasteiger partial charge in [-0.3, -0.25) is 4.79 Å². The van der Waals surface area contributed by atoms with Gasteiger partial charge in [-0.2, -0.15) is 0 Å². The Morgan fingerprint density at radius 1 is 1.41 bits per heavy atom. The minimum atomic E-state index is -0.709. The van der Waals surface area contributed by atoms with Crippen LogP contribution in [0.4, 0.5) is 0 Å². The van der Waals surface area contributed by atoms with Crippen LogP contribution in [0.2, 0.25) is 5.02 Å². The Balaban J connectivity index is 1.30. The van der Waals surface area contributed by atoms with E-state index in [9.17, 15) is 9.59 Å². The van der Waals surface area contributed by atoms with Gasteiger partial charge in [0, 0.05) is 16.3 Å². The second-order valence-electron chi connectivity index (χ2n) is 6.72. The lowest BCUT2D eigenvalue weighted by atomic mass is 10.1. The number of aromatic amines is 1. The van der Waals surface area contributed by atoms with Crippen molar-refractivity contribution < 1.29 is 14.3 Å². The molecule has 0 fully saturated rings. The van der Waals surface area contributed by atoms with Crippen molar-refractivity contribution in [3.63, 3.8) is 0 Å². The number of nitrogens with zero attached hydrogens (tertiary/aromatic N) is 1. The number of carbonyl (C=O) groups is 1. The molecule has 0 saturated heterocycles. The first-order valence-electron chi connectivity index (χ1n) is 8.73. The van der Waals surface area contributed by atoms with Crippen LogP contribution in [-0.2, 0) is 35.4 Å². The van der Waals surface area contributed by atoms with Gasteiger partial charge in [0.25, 0.3) is 5.56 Å². The van der Waals surface area contributed by atoms with Crippen molar-refractivity contribution >= 4 is 39.1 Å². The van der Waals surface area contributed by atoms with Gasteiger partial charge in [0.05, 0.1) is 5.39 Å². The highest BCUT2D eigenvalue weighted by atomic mass is 35.5. The number of carbonyl (C=O) groups excluding carboxylic acids is 1. The minimum Gasteiger partial charge on any atom is -0.478 e. The summed E-state index contributed by atoms with van der Waals surface area (Å²) < 4.78 is 11.0. The molecule has 2 aromatic heterocycles. The van der Waals surface area contributed by atoms with E-state index in [4.69, 9.17) is 21.1 Å². The molecule has 6 nitrogen and oxygen atoms in total. The number of nitrogens with one attached hydrogen (secondary N) is 1. The maximum Gasteiger partial charge on any atom is 0.348 e. The number of ether oxygens (including phenoxy) is 2. The van der Waals surface area contributed by atoms with Gasteiger partial charge >= 0.3 is 5.97 Å². The molecular weight excluding hydrogens is 388 g/mol. The lowest BCUT2D eigenvalue weighted by molar-refractivity contribution is -0.152. The van der Waals surface area contributed by atoms with Gasteiger partial charge in [0.1, 0.15) is 23.0 Å². The molecule has 1 aliphatic carbocycles. The van der Waals surface area contributed by atoms with Gasteiger partial charge in [-0.05, 0) is 48.6 Å². The van der Waals surface area contributed by atoms with E-state index in [0.717, 1.165) is 30.4 Å². The maximum absolute atomic E-state index is 12.4. The topological polar surface area (TPSA) is 81.3 Å². The second-order valence-corrected chi connectivity index (χ2v) is 8.24. The van der Waals surface area contributed by atoms with Crippen molar-refractivity contribution in [2.24, 2.45) is 0 Å². The van der Waals surface area contributed by atoms with Crippen molar-refractivity contribution in [3.8, 4) is 5.75 Å². The highest BCUT2D eigenvalue weighted by Gasteiger charge is 2.31. The Labute approximate surface area is 163 Å². The highest BCUT2D eigenvalue weighted by Crippen LogP contribution is 2.34. The van der Waals surface area contributed by atoms with Crippen molar-refractivity contribution in [2.45, 2.75) is 38.4 Å². The number of aromatic nitrogens is 2. The van der Waals surface area contributed by atoms with Crippen LogP contribution in [0.3, 0.4) is 0 Å². The summed E-state index contributed by atoms with van der Waals surface area (Å²) in [7, 11) is 0. The number of halogens is 1. The molecule has 0 amide bonds. The van der Waals surface area contributed by atoms with Gasteiger partial charge in [-0.15, -0.1) is 11.3 Å². The van der Waals surface area contributed by atoms with Gasteiger partial charge < -0.3 is 14.5 Å². The molecule has 0 bridgehead atoms. The van der Waals surface area contributed by atoms with Gasteiger partial charge in [0.15, 0.2) is 6.10 Å². The number of rotatable bonds is 3. The number of aryl methyl sites for hydroxylation is 2. The molecule has 2 aliphatic rings. The van der Waals surface area contributed by atoms with E-state index >= 15 is 0 Å². The summed E-state index contributed by atoms with van der Waals surface area (Å²) in [5.74, 6) is 0.500. The first-order chi connectivity index (χ1) is 13.1. The lowest BCUT2D eigenvalue weighted by Gasteiger charge is -2.10. The van der Waals surface area contributed by atoms with Crippen LogP contribution in [0.25, 0.3) is 10.2 Å². The summed E-state index contributed by atoms with van der Waals surface area (Å²) in [5.41, 5.74) is 1.85. The summed E-state index contributed by atoms with van der Waals surface area (Å²) in [4.78, 5) is 33.9. The fourth-order valence-corrected chi connectivity index (χ4v) is 5.17. The average Bonchev–Trinajstić information content (AvgIpc) is 3.32. The Morgan fingerprint density at radius 3 is 3.19 bits per heavy atom. The molecule has 1 aliphatic heterocycles. The Hall–Kier alpha value is -2.38. The number of hydrogen-bond acceptors (Lipinski definition) is 6. The molecule has 5 rings (SSSR count). The smallest absolute Gasteiger partial charge is 0.348 e. The van der Waals surface area contributed by atoms with Gasteiger partial charge in [-0.1, -0.05) is 11.6 Å². The van der Waals surface area contributed by atoms with Gasteiger partial charge in [-0.25, -0.2) is 9.78 Å². The molecular formula is C19H15ClN2O4S. The van der Waals surface area contributed by atoms with E-state index in [1.807, 2.05) is 0 Å².